The molecule has 102 valence electrons. The average Bonchev–Trinajstić information content (AvgIpc) is 2.36. The molecule has 1 saturated carbocycles. The van der Waals surface area contributed by atoms with Crippen molar-refractivity contribution >= 4 is 11.9 Å². The molecule has 2 nitrogen and oxygen atoms in total. The number of halogens is 1. The van der Waals surface area contributed by atoms with Crippen LogP contribution in [0.5, 0.6) is 0 Å². The maximum atomic E-state index is 12.9. The monoisotopic (exact) mass is 261 g/mol. The molecule has 0 heterocycles. The van der Waals surface area contributed by atoms with Crippen LogP contribution in [0.2, 0.25) is 0 Å². The third kappa shape index (κ3) is 3.74. The molecule has 0 saturated heterocycles. The van der Waals surface area contributed by atoms with Crippen LogP contribution in [-0.4, -0.2) is 31.3 Å². The number of carbonyl (C=O) groups is 1. The van der Waals surface area contributed by atoms with Gasteiger partial charge in [-0.25, -0.2) is 4.39 Å². The first kappa shape index (κ1) is 13.9. The maximum absolute atomic E-state index is 12.9. The lowest BCUT2D eigenvalue weighted by molar-refractivity contribution is -0.120. The number of hydrogen-bond acceptors (Lipinski definition) is 2. The van der Waals surface area contributed by atoms with Gasteiger partial charge in [0, 0.05) is 12.5 Å². The predicted molar refractivity (Wildman–Crippen MR) is 75.3 cm³/mol. The van der Waals surface area contributed by atoms with E-state index in [2.05, 4.69) is 4.90 Å². The first-order valence-electron chi connectivity index (χ1n) is 6.71. The fourth-order valence-corrected chi connectivity index (χ4v) is 2.57. The summed E-state index contributed by atoms with van der Waals surface area (Å²) < 4.78 is 12.9. The van der Waals surface area contributed by atoms with Gasteiger partial charge < -0.3 is 4.90 Å². The third-order valence-electron chi connectivity index (χ3n) is 3.48. The number of carbonyl (C=O) groups excluding carboxylic acids is 1. The lowest BCUT2D eigenvalue weighted by atomic mass is 9.83. The van der Waals surface area contributed by atoms with Gasteiger partial charge in [-0.05, 0) is 62.7 Å². The Kier molecular flexibility index (Phi) is 4.48. The van der Waals surface area contributed by atoms with Crippen LogP contribution in [0.25, 0.3) is 6.08 Å². The summed E-state index contributed by atoms with van der Waals surface area (Å²) in [5.41, 5.74) is 1.78. The molecule has 1 aliphatic rings. The van der Waals surface area contributed by atoms with Crippen molar-refractivity contribution in [1.82, 2.24) is 4.90 Å². The topological polar surface area (TPSA) is 20.3 Å². The van der Waals surface area contributed by atoms with E-state index < -0.39 is 0 Å². The van der Waals surface area contributed by atoms with Crippen molar-refractivity contribution in [2.45, 2.75) is 19.3 Å². The van der Waals surface area contributed by atoms with Gasteiger partial charge >= 0.3 is 0 Å². The number of nitrogens with zero attached hydrogens (tertiary/aromatic N) is 1. The summed E-state index contributed by atoms with van der Waals surface area (Å²) in [4.78, 5) is 14.4. The number of Topliss-reactive ketones (excluding diaryl/α,β-unsaturated/α-hetero) is 1. The van der Waals surface area contributed by atoms with Crippen LogP contribution in [0.3, 0.4) is 0 Å². The highest BCUT2D eigenvalue weighted by Gasteiger charge is 2.26. The lowest BCUT2D eigenvalue weighted by Crippen LogP contribution is -2.31. The number of ketones is 1. The Balaban J connectivity index is 2.14. The molecule has 0 spiro atoms. The Morgan fingerprint density at radius 1 is 1.32 bits per heavy atom. The van der Waals surface area contributed by atoms with E-state index in [4.69, 9.17) is 0 Å². The van der Waals surface area contributed by atoms with E-state index in [1.165, 1.54) is 12.1 Å². The van der Waals surface area contributed by atoms with Crippen molar-refractivity contribution in [1.29, 1.82) is 0 Å². The van der Waals surface area contributed by atoms with Crippen LogP contribution in [0, 0.1) is 11.7 Å². The highest BCUT2D eigenvalue weighted by atomic mass is 19.1. The van der Waals surface area contributed by atoms with Gasteiger partial charge in [-0.15, -0.1) is 0 Å². The zero-order valence-electron chi connectivity index (χ0n) is 11.5. The van der Waals surface area contributed by atoms with Gasteiger partial charge in [0.05, 0.1) is 0 Å². The highest BCUT2D eigenvalue weighted by Crippen LogP contribution is 2.27. The summed E-state index contributed by atoms with van der Waals surface area (Å²) in [5.74, 6) is 0.113. The summed E-state index contributed by atoms with van der Waals surface area (Å²) >= 11 is 0. The Labute approximate surface area is 113 Å². The molecule has 0 aromatic heterocycles. The van der Waals surface area contributed by atoms with Gasteiger partial charge in [-0.1, -0.05) is 12.1 Å². The average molecular weight is 261 g/mol. The zero-order valence-corrected chi connectivity index (χ0v) is 11.5. The Morgan fingerprint density at radius 3 is 2.63 bits per heavy atom. The van der Waals surface area contributed by atoms with Gasteiger partial charge in [0.15, 0.2) is 5.78 Å². The molecule has 1 fully saturated rings. The Bertz CT molecular complexity index is 476. The van der Waals surface area contributed by atoms with Crippen molar-refractivity contribution in [2.24, 2.45) is 5.92 Å². The normalized spacial score (nSPS) is 22.2. The van der Waals surface area contributed by atoms with Crippen LogP contribution < -0.4 is 0 Å². The van der Waals surface area contributed by atoms with Gasteiger partial charge in [0.1, 0.15) is 5.82 Å². The summed E-state index contributed by atoms with van der Waals surface area (Å²) in [7, 11) is 3.98. The molecule has 0 amide bonds. The molecular formula is C16H20FNO. The molecule has 0 bridgehead atoms. The number of rotatable bonds is 3. The molecule has 1 aliphatic carbocycles. The molecule has 0 radical (unpaired) electrons. The quantitative estimate of drug-likeness (QED) is 0.779. The molecule has 2 rings (SSSR count). The summed E-state index contributed by atoms with van der Waals surface area (Å²) in [5, 5.41) is 0. The second-order valence-corrected chi connectivity index (χ2v) is 5.44. The predicted octanol–water partition coefficient (Wildman–Crippen LogP) is 3.14. The highest BCUT2D eigenvalue weighted by molar-refractivity contribution is 6.01. The van der Waals surface area contributed by atoms with Crippen LogP contribution in [0.15, 0.2) is 29.8 Å². The zero-order chi connectivity index (χ0) is 13.8. The van der Waals surface area contributed by atoms with E-state index in [-0.39, 0.29) is 17.5 Å². The number of benzene rings is 1. The molecule has 1 atom stereocenters. The van der Waals surface area contributed by atoms with Gasteiger partial charge in [0.25, 0.3) is 0 Å². The summed E-state index contributed by atoms with van der Waals surface area (Å²) in [6, 6.07) is 6.28. The van der Waals surface area contributed by atoms with E-state index in [9.17, 15) is 9.18 Å². The van der Waals surface area contributed by atoms with Crippen LogP contribution in [0.4, 0.5) is 4.39 Å². The minimum absolute atomic E-state index is 0.107. The Hall–Kier alpha value is -1.48. The minimum Gasteiger partial charge on any atom is -0.309 e. The van der Waals surface area contributed by atoms with Crippen molar-refractivity contribution in [3.63, 3.8) is 0 Å². The number of allylic oxidation sites excluding steroid dienone is 1. The largest absolute Gasteiger partial charge is 0.309 e. The first-order chi connectivity index (χ1) is 9.06. The molecule has 3 heteroatoms. The minimum atomic E-state index is -0.248. The molecule has 0 N–H and O–H groups in total. The summed E-state index contributed by atoms with van der Waals surface area (Å²) in [6.07, 6.45) is 4.76. The van der Waals surface area contributed by atoms with Crippen LogP contribution in [-0.2, 0) is 4.79 Å². The molecule has 1 unspecified atom stereocenters. The van der Waals surface area contributed by atoms with E-state index in [1.807, 2.05) is 20.2 Å². The fourth-order valence-electron chi connectivity index (χ4n) is 2.57. The van der Waals surface area contributed by atoms with Crippen molar-refractivity contribution in [3.8, 4) is 0 Å². The van der Waals surface area contributed by atoms with Crippen molar-refractivity contribution < 1.29 is 9.18 Å². The third-order valence-corrected chi connectivity index (χ3v) is 3.48. The summed E-state index contributed by atoms with van der Waals surface area (Å²) in [6.45, 7) is 0.805. The molecule has 1 aromatic rings. The smallest absolute Gasteiger partial charge is 0.163 e. The maximum Gasteiger partial charge on any atom is 0.163 e. The molecule has 1 aromatic carbocycles. The standard InChI is InChI=1S/C16H20FNO/c1-18(2)11-14-5-3-4-13(16(14)19)10-12-6-8-15(17)9-7-12/h6-10,14H,3-5,11H2,1-2H3/b13-10-. The Morgan fingerprint density at radius 2 is 2.00 bits per heavy atom. The van der Waals surface area contributed by atoms with E-state index >= 15 is 0 Å². The lowest BCUT2D eigenvalue weighted by Gasteiger charge is -2.25. The van der Waals surface area contributed by atoms with Crippen molar-refractivity contribution in [3.05, 3.63) is 41.2 Å². The molecule has 19 heavy (non-hydrogen) atoms. The van der Waals surface area contributed by atoms with Crippen LogP contribution >= 0.6 is 0 Å². The van der Waals surface area contributed by atoms with Gasteiger partial charge in [0.2, 0.25) is 0 Å². The van der Waals surface area contributed by atoms with Gasteiger partial charge in [-0.3, -0.25) is 4.79 Å². The van der Waals surface area contributed by atoms with E-state index in [1.54, 1.807) is 12.1 Å². The first-order valence-corrected chi connectivity index (χ1v) is 6.71. The second kappa shape index (κ2) is 6.11. The van der Waals surface area contributed by atoms with Crippen LogP contribution in [0.1, 0.15) is 24.8 Å². The van der Waals surface area contributed by atoms with E-state index in [0.29, 0.717) is 0 Å². The van der Waals surface area contributed by atoms with E-state index in [0.717, 1.165) is 36.9 Å². The number of hydrogen-bond donors (Lipinski definition) is 0. The van der Waals surface area contributed by atoms with Gasteiger partial charge in [-0.2, -0.15) is 0 Å². The molecular weight excluding hydrogens is 241 g/mol. The van der Waals surface area contributed by atoms with Crippen molar-refractivity contribution in [2.75, 3.05) is 20.6 Å². The second-order valence-electron chi connectivity index (χ2n) is 5.44. The molecule has 0 aliphatic heterocycles. The fraction of sp³-hybridized carbons (Fsp3) is 0.438. The SMILES string of the molecule is CN(C)CC1CCC/C(=C/c2ccc(F)cc2)C1=O.